The molecule has 0 aromatic heterocycles. The fourth-order valence-electron chi connectivity index (χ4n) is 6.40. The van der Waals surface area contributed by atoms with E-state index in [1.165, 1.54) is 23.1 Å². The summed E-state index contributed by atoms with van der Waals surface area (Å²) in [6.07, 6.45) is 1.45. The SMILES string of the molecule is Cc1ccccc1NC(=O)Nc1ccc(CC(=O)N2CCCC2C(=O)NCC[C@H](NC(=O)[C@@H]2CCCN2S(=O)(=O)c2cc(Cl)cc(Cl)c2)C(=O)O)cc1. The van der Waals surface area contributed by atoms with E-state index in [-0.39, 0.29) is 53.2 Å². The standard InChI is InChI=1S/C36H40Cl2N6O8S/c1-22-6-2-3-7-28(22)42-36(50)40-26-12-10-23(11-13-26)18-32(45)43-16-4-8-30(43)33(46)39-15-14-29(35(48)49)41-34(47)31-9-5-17-44(31)53(51,52)27-20-24(37)19-25(38)21-27/h2-3,6-7,10-13,19-21,29-31H,4-5,8-9,14-18H2,1H3,(H,39,46)(H,41,47)(H,48,49)(H2,40,42,50)/t29-,30?,31-/m0/s1. The van der Waals surface area contributed by atoms with Gasteiger partial charge in [-0.25, -0.2) is 18.0 Å². The number of rotatable bonds is 13. The van der Waals surface area contributed by atoms with Crippen LogP contribution in [0, 0.1) is 6.92 Å². The number of aryl methyl sites for hydroxylation is 1. The molecule has 0 saturated carbocycles. The van der Waals surface area contributed by atoms with E-state index >= 15 is 0 Å². The van der Waals surface area contributed by atoms with Crippen LogP contribution < -0.4 is 21.3 Å². The summed E-state index contributed by atoms with van der Waals surface area (Å²) in [7, 11) is -4.17. The maximum absolute atomic E-state index is 13.4. The molecule has 2 aliphatic rings. The molecule has 2 aliphatic heterocycles. The van der Waals surface area contributed by atoms with E-state index in [2.05, 4.69) is 21.3 Å². The Balaban J connectivity index is 1.10. The number of carbonyl (C=O) groups is 5. The molecule has 3 atom stereocenters. The second-order valence-electron chi connectivity index (χ2n) is 12.9. The molecule has 3 aromatic rings. The van der Waals surface area contributed by atoms with Gasteiger partial charge in [0.2, 0.25) is 27.7 Å². The molecule has 0 bridgehead atoms. The number of halogens is 2. The van der Waals surface area contributed by atoms with Crippen LogP contribution in [0.1, 0.15) is 43.2 Å². The van der Waals surface area contributed by atoms with Crippen molar-refractivity contribution in [2.75, 3.05) is 30.3 Å². The van der Waals surface area contributed by atoms with Crippen LogP contribution in [0.4, 0.5) is 16.2 Å². The molecule has 0 aliphatic carbocycles. The average molecular weight is 788 g/mol. The molecule has 2 fully saturated rings. The second kappa shape index (κ2) is 17.4. The maximum Gasteiger partial charge on any atom is 0.326 e. The minimum Gasteiger partial charge on any atom is -0.480 e. The first-order chi connectivity index (χ1) is 25.2. The largest absolute Gasteiger partial charge is 0.480 e. The number of anilines is 2. The monoisotopic (exact) mass is 786 g/mol. The molecule has 5 N–H and O–H groups in total. The number of aliphatic carboxylic acids is 1. The van der Waals surface area contributed by atoms with E-state index in [0.717, 1.165) is 9.87 Å². The molecule has 17 heteroatoms. The first-order valence-electron chi connectivity index (χ1n) is 17.0. The van der Waals surface area contributed by atoms with Gasteiger partial charge in [0.25, 0.3) is 0 Å². The third-order valence-corrected chi connectivity index (χ3v) is 11.5. The summed E-state index contributed by atoms with van der Waals surface area (Å²) in [6, 6.07) is 14.3. The third kappa shape index (κ3) is 10.0. The van der Waals surface area contributed by atoms with Gasteiger partial charge in [0.05, 0.1) is 11.3 Å². The molecule has 5 rings (SSSR count). The predicted molar refractivity (Wildman–Crippen MR) is 199 cm³/mol. The summed E-state index contributed by atoms with van der Waals surface area (Å²) < 4.78 is 27.7. The highest BCUT2D eigenvalue weighted by molar-refractivity contribution is 7.89. The highest BCUT2D eigenvalue weighted by atomic mass is 35.5. The van der Waals surface area contributed by atoms with Crippen LogP contribution in [0.2, 0.25) is 10.0 Å². The zero-order chi connectivity index (χ0) is 38.3. The van der Waals surface area contributed by atoms with Gasteiger partial charge in [-0.15, -0.1) is 0 Å². The molecule has 14 nitrogen and oxygen atoms in total. The van der Waals surface area contributed by atoms with Gasteiger partial charge in [-0.1, -0.05) is 53.5 Å². The van der Waals surface area contributed by atoms with Gasteiger partial charge < -0.3 is 31.3 Å². The number of carboxylic acid groups (broad SMARTS) is 1. The number of urea groups is 1. The topological polar surface area (TPSA) is 194 Å². The molecule has 1 unspecified atom stereocenters. The fraction of sp³-hybridized carbons (Fsp3) is 0.361. The zero-order valence-corrected chi connectivity index (χ0v) is 31.1. The van der Waals surface area contributed by atoms with Crippen molar-refractivity contribution in [3.63, 3.8) is 0 Å². The molecule has 53 heavy (non-hydrogen) atoms. The lowest BCUT2D eigenvalue weighted by atomic mass is 10.1. The Hall–Kier alpha value is -4.70. The van der Waals surface area contributed by atoms with Crippen molar-refractivity contribution < 1.29 is 37.5 Å². The molecule has 282 valence electrons. The second-order valence-corrected chi connectivity index (χ2v) is 15.6. The fourth-order valence-corrected chi connectivity index (χ4v) is 8.79. The molecule has 5 amide bonds. The summed E-state index contributed by atoms with van der Waals surface area (Å²) in [6.45, 7) is 2.20. The minimum absolute atomic E-state index is 0.0326. The molecule has 0 spiro atoms. The number of sulfonamides is 1. The van der Waals surface area contributed by atoms with Crippen molar-refractivity contribution in [2.24, 2.45) is 0 Å². The van der Waals surface area contributed by atoms with Crippen molar-refractivity contribution in [1.82, 2.24) is 19.8 Å². The maximum atomic E-state index is 13.4. The Morgan fingerprint density at radius 1 is 0.868 bits per heavy atom. The number of para-hydroxylation sites is 1. The number of hydrogen-bond donors (Lipinski definition) is 5. The van der Waals surface area contributed by atoms with Gasteiger partial charge in [-0.05, 0) is 86.6 Å². The quantitative estimate of drug-likeness (QED) is 0.168. The molecule has 3 aromatic carbocycles. The number of benzene rings is 3. The van der Waals surface area contributed by atoms with Crippen molar-refractivity contribution in [3.8, 4) is 0 Å². The lowest BCUT2D eigenvalue weighted by Crippen LogP contribution is -2.52. The first-order valence-corrected chi connectivity index (χ1v) is 19.2. The van der Waals surface area contributed by atoms with E-state index in [1.807, 2.05) is 25.1 Å². The molecular formula is C36H40Cl2N6O8S. The van der Waals surface area contributed by atoms with Gasteiger partial charge in [0.15, 0.2) is 0 Å². The molecule has 2 saturated heterocycles. The minimum atomic E-state index is -4.17. The van der Waals surface area contributed by atoms with Crippen LogP contribution in [-0.4, -0.2) is 90.2 Å². The Kier molecular flexibility index (Phi) is 13.0. The Morgan fingerprint density at radius 2 is 1.53 bits per heavy atom. The molecule has 0 radical (unpaired) electrons. The lowest BCUT2D eigenvalue weighted by molar-refractivity contribution is -0.142. The molecule has 2 heterocycles. The van der Waals surface area contributed by atoms with Crippen molar-refractivity contribution in [2.45, 2.75) is 68.5 Å². The van der Waals surface area contributed by atoms with Gasteiger partial charge in [-0.2, -0.15) is 4.31 Å². The van der Waals surface area contributed by atoms with Crippen LogP contribution in [0.15, 0.2) is 71.6 Å². The van der Waals surface area contributed by atoms with Crippen LogP contribution in [0.5, 0.6) is 0 Å². The van der Waals surface area contributed by atoms with Crippen molar-refractivity contribution >= 4 is 74.3 Å². The van der Waals surface area contributed by atoms with Crippen molar-refractivity contribution in [3.05, 3.63) is 87.9 Å². The van der Waals surface area contributed by atoms with E-state index in [1.54, 1.807) is 30.3 Å². The Morgan fingerprint density at radius 3 is 2.21 bits per heavy atom. The zero-order valence-electron chi connectivity index (χ0n) is 28.8. The van der Waals surface area contributed by atoms with Gasteiger partial charge in [0, 0.05) is 41.1 Å². The number of carboxylic acids is 1. The van der Waals surface area contributed by atoms with E-state index in [9.17, 15) is 37.5 Å². The van der Waals surface area contributed by atoms with Gasteiger partial charge in [-0.3, -0.25) is 14.4 Å². The first kappa shape index (κ1) is 39.5. The Bertz CT molecular complexity index is 1960. The summed E-state index contributed by atoms with van der Waals surface area (Å²) in [5.41, 5.74) is 2.84. The smallest absolute Gasteiger partial charge is 0.326 e. The van der Waals surface area contributed by atoms with Crippen LogP contribution in [0.25, 0.3) is 0 Å². The number of nitrogens with zero attached hydrogens (tertiary/aromatic N) is 2. The Labute approximate surface area is 317 Å². The lowest BCUT2D eigenvalue weighted by Gasteiger charge is -2.26. The average Bonchev–Trinajstić information content (AvgIpc) is 3.81. The van der Waals surface area contributed by atoms with Crippen molar-refractivity contribution in [1.29, 1.82) is 0 Å². The van der Waals surface area contributed by atoms with Gasteiger partial charge in [0.1, 0.15) is 18.1 Å². The highest BCUT2D eigenvalue weighted by Crippen LogP contribution is 2.30. The predicted octanol–water partition coefficient (Wildman–Crippen LogP) is 4.41. The van der Waals surface area contributed by atoms with E-state index in [0.29, 0.717) is 42.7 Å². The number of hydrogen-bond acceptors (Lipinski definition) is 7. The normalized spacial score (nSPS) is 17.9. The van der Waals surface area contributed by atoms with E-state index in [4.69, 9.17) is 23.2 Å². The van der Waals surface area contributed by atoms with E-state index < -0.39 is 52.0 Å². The number of amides is 5. The number of carbonyl (C=O) groups excluding carboxylic acids is 4. The van der Waals surface area contributed by atoms with Crippen LogP contribution in [-0.2, 0) is 35.6 Å². The summed E-state index contributed by atoms with van der Waals surface area (Å²) >= 11 is 12.0. The summed E-state index contributed by atoms with van der Waals surface area (Å²) in [5, 5.41) is 20.7. The van der Waals surface area contributed by atoms with Crippen LogP contribution in [0.3, 0.4) is 0 Å². The number of likely N-dealkylation sites (tertiary alicyclic amines) is 1. The summed E-state index contributed by atoms with van der Waals surface area (Å²) in [5.74, 6) is -2.83. The molecular weight excluding hydrogens is 747 g/mol. The van der Waals surface area contributed by atoms with Gasteiger partial charge >= 0.3 is 12.0 Å². The van der Waals surface area contributed by atoms with Crippen LogP contribution >= 0.6 is 23.2 Å². The number of nitrogens with one attached hydrogen (secondary N) is 4. The highest BCUT2D eigenvalue weighted by Gasteiger charge is 2.41. The third-order valence-electron chi connectivity index (χ3n) is 9.13. The summed E-state index contributed by atoms with van der Waals surface area (Å²) in [4.78, 5) is 65.4.